The summed E-state index contributed by atoms with van der Waals surface area (Å²) in [5.74, 6) is 2.37. The third kappa shape index (κ3) is 3.08. The lowest BCUT2D eigenvalue weighted by atomic mass is 9.83. The molecule has 6 heteroatoms. The van der Waals surface area contributed by atoms with Crippen LogP contribution < -0.4 is 5.56 Å². The van der Waals surface area contributed by atoms with Gasteiger partial charge in [-0.3, -0.25) is 9.69 Å². The number of nitrogens with zero attached hydrogens (tertiary/aromatic N) is 2. The molecule has 2 atom stereocenters. The Hall–Kier alpha value is -2.15. The van der Waals surface area contributed by atoms with Gasteiger partial charge in [-0.05, 0) is 48.1 Å². The minimum atomic E-state index is -0.0614. The molecule has 0 radical (unpaired) electrons. The van der Waals surface area contributed by atoms with Gasteiger partial charge in [0, 0.05) is 36.1 Å². The monoisotopic (exact) mass is 382 g/mol. The topological polar surface area (TPSA) is 58.6 Å². The Bertz CT molecular complexity index is 1000. The zero-order valence-corrected chi connectivity index (χ0v) is 15.8. The number of aliphatic hydroxyl groups is 1. The summed E-state index contributed by atoms with van der Waals surface area (Å²) in [7, 11) is 0. The van der Waals surface area contributed by atoms with Gasteiger partial charge in [-0.15, -0.1) is 11.3 Å². The van der Waals surface area contributed by atoms with Gasteiger partial charge in [0.1, 0.15) is 18.1 Å². The average Bonchev–Trinajstić information content (AvgIpc) is 3.34. The van der Waals surface area contributed by atoms with E-state index in [0.29, 0.717) is 17.6 Å². The highest BCUT2D eigenvalue weighted by molar-refractivity contribution is 7.13. The van der Waals surface area contributed by atoms with Crippen molar-refractivity contribution in [3.63, 3.8) is 0 Å². The number of thiophene rings is 1. The van der Waals surface area contributed by atoms with Crippen LogP contribution in [0, 0.1) is 5.92 Å². The lowest BCUT2D eigenvalue weighted by molar-refractivity contribution is 0.106. The van der Waals surface area contributed by atoms with Gasteiger partial charge in [0.05, 0.1) is 12.1 Å². The number of aromatic nitrogens is 1. The number of rotatable bonds is 4. The third-order valence-electron chi connectivity index (χ3n) is 5.72. The SMILES string of the molecule is O=c1c(-c2cccs2)ccc2n1C[C@H]1C[C@@H]2CN(Cc2ccc(CO)o2)C1. The largest absolute Gasteiger partial charge is 0.462 e. The molecule has 0 unspecified atom stereocenters. The van der Waals surface area contributed by atoms with Crippen LogP contribution in [0.1, 0.15) is 29.6 Å². The van der Waals surface area contributed by atoms with Crippen molar-refractivity contribution in [2.24, 2.45) is 5.92 Å². The van der Waals surface area contributed by atoms with E-state index in [1.165, 1.54) is 0 Å². The van der Waals surface area contributed by atoms with Crippen LogP contribution in [-0.4, -0.2) is 27.7 Å². The van der Waals surface area contributed by atoms with Crippen LogP contribution in [0.3, 0.4) is 0 Å². The maximum Gasteiger partial charge on any atom is 0.259 e. The summed E-state index contributed by atoms with van der Waals surface area (Å²) in [5.41, 5.74) is 2.13. The fourth-order valence-electron chi connectivity index (χ4n) is 4.61. The van der Waals surface area contributed by atoms with Crippen molar-refractivity contribution >= 4 is 11.3 Å². The second-order valence-corrected chi connectivity index (χ2v) is 8.53. The van der Waals surface area contributed by atoms with Crippen LogP contribution in [-0.2, 0) is 19.7 Å². The first kappa shape index (κ1) is 17.0. The Kier molecular flexibility index (Phi) is 4.27. The van der Waals surface area contributed by atoms with Crippen LogP contribution in [0.2, 0.25) is 0 Å². The summed E-state index contributed by atoms with van der Waals surface area (Å²) in [5, 5.41) is 11.2. The number of furan rings is 1. The van der Waals surface area contributed by atoms with Gasteiger partial charge in [0.15, 0.2) is 0 Å². The molecule has 3 aromatic heterocycles. The van der Waals surface area contributed by atoms with Crippen molar-refractivity contribution in [1.29, 1.82) is 0 Å². The van der Waals surface area contributed by atoms with E-state index in [4.69, 9.17) is 4.42 Å². The van der Waals surface area contributed by atoms with Crippen molar-refractivity contribution in [3.05, 3.63) is 69.3 Å². The van der Waals surface area contributed by atoms with Crippen molar-refractivity contribution < 1.29 is 9.52 Å². The van der Waals surface area contributed by atoms with Crippen LogP contribution in [0.4, 0.5) is 0 Å². The summed E-state index contributed by atoms with van der Waals surface area (Å²) in [6.45, 7) is 3.39. The zero-order chi connectivity index (χ0) is 18.4. The number of fused-ring (bicyclic) bond motifs is 4. The highest BCUT2D eigenvalue weighted by Gasteiger charge is 2.35. The first-order valence-electron chi connectivity index (χ1n) is 9.39. The molecule has 1 saturated heterocycles. The van der Waals surface area contributed by atoms with E-state index < -0.39 is 0 Å². The quantitative estimate of drug-likeness (QED) is 0.752. The predicted molar refractivity (Wildman–Crippen MR) is 105 cm³/mol. The van der Waals surface area contributed by atoms with E-state index in [-0.39, 0.29) is 12.2 Å². The molecule has 2 bridgehead atoms. The molecule has 0 amide bonds. The summed E-state index contributed by atoms with van der Waals surface area (Å²) >= 11 is 1.62. The fraction of sp³-hybridized carbons (Fsp3) is 0.381. The molecule has 5 heterocycles. The Morgan fingerprint density at radius 3 is 2.78 bits per heavy atom. The molecule has 27 heavy (non-hydrogen) atoms. The molecule has 2 aliphatic rings. The molecule has 2 aliphatic heterocycles. The maximum atomic E-state index is 13.1. The van der Waals surface area contributed by atoms with Crippen LogP contribution in [0.5, 0.6) is 0 Å². The number of aliphatic hydroxyl groups excluding tert-OH is 1. The standard InChI is InChI=1S/C21H22N2O3S/c24-13-17-4-3-16(26-17)12-22-9-14-8-15(11-22)19-6-5-18(20-2-1-7-27-20)21(25)23(19)10-14/h1-7,14-15,24H,8-13H2/t14-,15+/m0/s1. The minimum Gasteiger partial charge on any atom is -0.462 e. The van der Waals surface area contributed by atoms with E-state index in [2.05, 4.69) is 11.0 Å². The van der Waals surface area contributed by atoms with E-state index in [9.17, 15) is 9.90 Å². The van der Waals surface area contributed by atoms with Gasteiger partial charge in [0.25, 0.3) is 5.56 Å². The second-order valence-electron chi connectivity index (χ2n) is 7.58. The molecule has 0 spiro atoms. The molecule has 1 N–H and O–H groups in total. The molecule has 140 valence electrons. The van der Waals surface area contributed by atoms with Crippen LogP contribution >= 0.6 is 11.3 Å². The number of hydrogen-bond donors (Lipinski definition) is 1. The van der Waals surface area contributed by atoms with Crippen molar-refractivity contribution in [2.45, 2.75) is 32.0 Å². The van der Waals surface area contributed by atoms with E-state index in [0.717, 1.165) is 54.5 Å². The molecule has 1 fully saturated rings. The number of likely N-dealkylation sites (tertiary alicyclic amines) is 1. The minimum absolute atomic E-state index is 0.0614. The Labute approximate surface area is 161 Å². The average molecular weight is 382 g/mol. The second kappa shape index (κ2) is 6.78. The van der Waals surface area contributed by atoms with Crippen molar-refractivity contribution in [1.82, 2.24) is 9.47 Å². The Morgan fingerprint density at radius 1 is 1.11 bits per heavy atom. The predicted octanol–water partition coefficient (Wildman–Crippen LogP) is 3.28. The molecular weight excluding hydrogens is 360 g/mol. The third-order valence-corrected chi connectivity index (χ3v) is 6.62. The summed E-state index contributed by atoms with van der Waals surface area (Å²) in [6, 6.07) is 11.9. The van der Waals surface area contributed by atoms with E-state index in [1.54, 1.807) is 11.3 Å². The Morgan fingerprint density at radius 2 is 2.00 bits per heavy atom. The number of pyridine rings is 1. The molecule has 5 nitrogen and oxygen atoms in total. The molecule has 0 saturated carbocycles. The van der Waals surface area contributed by atoms with Crippen molar-refractivity contribution in [2.75, 3.05) is 13.1 Å². The number of piperidine rings is 1. The lowest BCUT2D eigenvalue weighted by Gasteiger charge is -2.42. The highest BCUT2D eigenvalue weighted by Crippen LogP contribution is 2.36. The number of hydrogen-bond acceptors (Lipinski definition) is 5. The Balaban J connectivity index is 1.41. The van der Waals surface area contributed by atoms with Gasteiger partial charge in [0.2, 0.25) is 0 Å². The molecule has 5 rings (SSSR count). The van der Waals surface area contributed by atoms with Gasteiger partial charge in [-0.25, -0.2) is 0 Å². The van der Waals surface area contributed by atoms with E-state index in [1.807, 2.05) is 40.3 Å². The zero-order valence-electron chi connectivity index (χ0n) is 15.0. The van der Waals surface area contributed by atoms with Crippen LogP contribution in [0.15, 0.2) is 51.0 Å². The summed E-state index contributed by atoms with van der Waals surface area (Å²) in [4.78, 5) is 16.5. The van der Waals surface area contributed by atoms with Gasteiger partial charge < -0.3 is 14.1 Å². The first-order valence-corrected chi connectivity index (χ1v) is 10.3. The lowest BCUT2D eigenvalue weighted by Crippen LogP contribution is -2.46. The summed E-state index contributed by atoms with van der Waals surface area (Å²) < 4.78 is 7.67. The van der Waals surface area contributed by atoms with E-state index >= 15 is 0 Å². The van der Waals surface area contributed by atoms with Crippen molar-refractivity contribution in [3.8, 4) is 10.4 Å². The molecule has 0 aromatic carbocycles. The normalized spacial score (nSPS) is 22.0. The molecular formula is C21H22N2O3S. The molecule has 0 aliphatic carbocycles. The molecule has 3 aromatic rings. The fourth-order valence-corrected chi connectivity index (χ4v) is 5.35. The first-order chi connectivity index (χ1) is 13.2. The van der Waals surface area contributed by atoms with Gasteiger partial charge in [-0.1, -0.05) is 6.07 Å². The smallest absolute Gasteiger partial charge is 0.259 e. The van der Waals surface area contributed by atoms with Crippen LogP contribution in [0.25, 0.3) is 10.4 Å². The summed E-state index contributed by atoms with van der Waals surface area (Å²) in [6.07, 6.45) is 1.15. The van der Waals surface area contributed by atoms with Gasteiger partial charge >= 0.3 is 0 Å². The maximum absolute atomic E-state index is 13.1. The van der Waals surface area contributed by atoms with Gasteiger partial charge in [-0.2, -0.15) is 0 Å². The highest BCUT2D eigenvalue weighted by atomic mass is 32.1.